The zero-order chi connectivity index (χ0) is 15.8. The van der Waals surface area contributed by atoms with E-state index in [1.807, 2.05) is 0 Å². The van der Waals surface area contributed by atoms with E-state index >= 15 is 0 Å². The second-order valence-electron chi connectivity index (χ2n) is 3.70. The lowest BCUT2D eigenvalue weighted by molar-refractivity contribution is -0.153. The Kier molecular flexibility index (Phi) is 4.28. The molecule has 4 N–H and O–H groups in total. The molecular weight excluding hydrogens is 320 g/mol. The van der Waals surface area contributed by atoms with Crippen molar-refractivity contribution in [2.24, 2.45) is 0 Å². The highest BCUT2D eigenvalue weighted by Crippen LogP contribution is 2.32. The van der Waals surface area contributed by atoms with Crippen molar-refractivity contribution in [1.82, 2.24) is 0 Å². The fourth-order valence-corrected chi connectivity index (χ4v) is 1.96. The lowest BCUT2D eigenvalue weighted by Crippen LogP contribution is -2.22. The molecule has 0 amide bonds. The first kappa shape index (κ1) is 16.6. The standard InChI is InChI=1S/C8H10O10S2/c1-8(9,10)6-4-5(17-19(11,12)13)2-3-7(6)18-20(14,15)16/h2-4,9-10H,1H3,(H,11,12,13)(H,14,15,16). The van der Waals surface area contributed by atoms with Crippen LogP contribution in [0.2, 0.25) is 0 Å². The van der Waals surface area contributed by atoms with E-state index in [0.717, 1.165) is 19.1 Å². The Balaban J connectivity index is 3.35. The van der Waals surface area contributed by atoms with Gasteiger partial charge in [-0.25, -0.2) is 0 Å². The van der Waals surface area contributed by atoms with Gasteiger partial charge in [0.2, 0.25) is 0 Å². The fraction of sp³-hybridized carbons (Fsp3) is 0.250. The van der Waals surface area contributed by atoms with Gasteiger partial charge in [-0.3, -0.25) is 9.11 Å². The van der Waals surface area contributed by atoms with Gasteiger partial charge in [0.1, 0.15) is 5.75 Å². The third kappa shape index (κ3) is 5.28. The van der Waals surface area contributed by atoms with Gasteiger partial charge < -0.3 is 18.6 Å². The van der Waals surface area contributed by atoms with E-state index in [9.17, 15) is 27.0 Å². The van der Waals surface area contributed by atoms with Crippen molar-refractivity contribution in [3.05, 3.63) is 23.8 Å². The molecule has 0 heterocycles. The highest BCUT2D eigenvalue weighted by Gasteiger charge is 2.27. The van der Waals surface area contributed by atoms with Crippen molar-refractivity contribution in [1.29, 1.82) is 0 Å². The van der Waals surface area contributed by atoms with E-state index < -0.39 is 43.6 Å². The van der Waals surface area contributed by atoms with E-state index in [0.29, 0.717) is 6.07 Å². The van der Waals surface area contributed by atoms with E-state index in [1.165, 1.54) is 0 Å². The summed E-state index contributed by atoms with van der Waals surface area (Å²) in [6.45, 7) is 0.816. The minimum Gasteiger partial charge on any atom is -0.362 e. The van der Waals surface area contributed by atoms with Crippen LogP contribution < -0.4 is 8.37 Å². The Hall–Kier alpha value is -1.44. The molecular formula is C8H10O10S2. The van der Waals surface area contributed by atoms with Gasteiger partial charge in [-0.1, -0.05) is 0 Å². The van der Waals surface area contributed by atoms with Crippen LogP contribution >= 0.6 is 0 Å². The number of hydrogen-bond donors (Lipinski definition) is 4. The van der Waals surface area contributed by atoms with Crippen LogP contribution in [0.3, 0.4) is 0 Å². The number of aliphatic hydroxyl groups is 2. The number of benzene rings is 1. The Morgan fingerprint density at radius 2 is 1.50 bits per heavy atom. The summed E-state index contributed by atoms with van der Waals surface area (Å²) in [4.78, 5) is 0. The molecule has 0 aliphatic heterocycles. The highest BCUT2D eigenvalue weighted by molar-refractivity contribution is 7.81. The summed E-state index contributed by atoms with van der Waals surface area (Å²) < 4.78 is 67.4. The normalized spacial score (nSPS) is 13.1. The summed E-state index contributed by atoms with van der Waals surface area (Å²) in [7, 11) is -9.80. The zero-order valence-corrected chi connectivity index (χ0v) is 11.4. The average Bonchev–Trinajstić information content (AvgIpc) is 2.14. The van der Waals surface area contributed by atoms with Crippen molar-refractivity contribution in [2.45, 2.75) is 12.7 Å². The molecule has 114 valence electrons. The molecule has 0 saturated heterocycles. The summed E-state index contributed by atoms with van der Waals surface area (Å²) >= 11 is 0. The molecule has 0 radical (unpaired) electrons. The molecule has 0 unspecified atom stereocenters. The molecule has 0 aromatic heterocycles. The number of hydrogen-bond acceptors (Lipinski definition) is 8. The molecule has 0 fully saturated rings. The molecule has 1 aromatic rings. The van der Waals surface area contributed by atoms with E-state index in [2.05, 4.69) is 8.37 Å². The Morgan fingerprint density at radius 3 is 1.90 bits per heavy atom. The first-order valence-electron chi connectivity index (χ1n) is 4.71. The van der Waals surface area contributed by atoms with Gasteiger partial charge in [0.05, 0.1) is 5.56 Å². The van der Waals surface area contributed by atoms with E-state index in [-0.39, 0.29) is 0 Å². The highest BCUT2D eigenvalue weighted by atomic mass is 32.3. The first-order valence-corrected chi connectivity index (χ1v) is 7.44. The van der Waals surface area contributed by atoms with Crippen LogP contribution in [-0.2, 0) is 26.6 Å². The Labute approximate surface area is 114 Å². The first-order chi connectivity index (χ1) is 8.78. The maximum atomic E-state index is 10.6. The minimum absolute atomic E-state index is 0.542. The van der Waals surface area contributed by atoms with Crippen molar-refractivity contribution in [3.63, 3.8) is 0 Å². The second kappa shape index (κ2) is 5.16. The van der Waals surface area contributed by atoms with Gasteiger partial charge in [-0.2, -0.15) is 16.8 Å². The summed E-state index contributed by atoms with van der Waals surface area (Å²) in [6.07, 6.45) is 0. The van der Waals surface area contributed by atoms with Crippen molar-refractivity contribution >= 4 is 20.8 Å². The van der Waals surface area contributed by atoms with Crippen molar-refractivity contribution in [2.75, 3.05) is 0 Å². The maximum Gasteiger partial charge on any atom is 0.446 e. The van der Waals surface area contributed by atoms with Crippen LogP contribution in [0.5, 0.6) is 11.5 Å². The van der Waals surface area contributed by atoms with Crippen LogP contribution in [-0.4, -0.2) is 36.2 Å². The Bertz CT molecular complexity index is 697. The molecule has 0 aliphatic carbocycles. The average molecular weight is 330 g/mol. The SMILES string of the molecule is CC(O)(O)c1cc(OS(=O)(=O)O)ccc1OS(=O)(=O)O. The van der Waals surface area contributed by atoms with Gasteiger partial charge in [0, 0.05) is 0 Å². The maximum absolute atomic E-state index is 10.6. The molecule has 0 atom stereocenters. The molecule has 0 saturated carbocycles. The topological polar surface area (TPSA) is 168 Å². The van der Waals surface area contributed by atoms with Gasteiger partial charge in [-0.15, -0.1) is 0 Å². The summed E-state index contributed by atoms with van der Waals surface area (Å²) in [5.41, 5.74) is -0.628. The Morgan fingerprint density at radius 1 is 1.00 bits per heavy atom. The van der Waals surface area contributed by atoms with Crippen molar-refractivity contribution < 1.29 is 44.5 Å². The van der Waals surface area contributed by atoms with Crippen LogP contribution in [0.4, 0.5) is 0 Å². The zero-order valence-electron chi connectivity index (χ0n) is 9.79. The number of rotatable bonds is 5. The van der Waals surface area contributed by atoms with Crippen LogP contribution in [0.25, 0.3) is 0 Å². The van der Waals surface area contributed by atoms with E-state index in [1.54, 1.807) is 0 Å². The molecule has 1 rings (SSSR count). The lowest BCUT2D eigenvalue weighted by Gasteiger charge is -2.19. The summed E-state index contributed by atoms with van der Waals surface area (Å²) in [5.74, 6) is -3.86. The second-order valence-corrected chi connectivity index (χ2v) is 5.75. The molecule has 0 bridgehead atoms. The largest absolute Gasteiger partial charge is 0.446 e. The third-order valence-corrected chi connectivity index (χ3v) is 2.65. The smallest absolute Gasteiger partial charge is 0.362 e. The third-order valence-electron chi connectivity index (χ3n) is 1.86. The molecule has 1 aromatic carbocycles. The van der Waals surface area contributed by atoms with Gasteiger partial charge in [0.15, 0.2) is 11.5 Å². The van der Waals surface area contributed by atoms with Gasteiger partial charge in [0.25, 0.3) is 0 Å². The predicted molar refractivity (Wildman–Crippen MR) is 62.6 cm³/mol. The predicted octanol–water partition coefficient (Wildman–Crippen LogP) is -0.793. The monoisotopic (exact) mass is 330 g/mol. The molecule has 0 spiro atoms. The van der Waals surface area contributed by atoms with Gasteiger partial charge in [-0.05, 0) is 25.1 Å². The fourth-order valence-electron chi connectivity index (χ4n) is 1.24. The molecule has 12 heteroatoms. The van der Waals surface area contributed by atoms with Crippen LogP contribution in [0.1, 0.15) is 12.5 Å². The van der Waals surface area contributed by atoms with Crippen LogP contribution in [0, 0.1) is 0 Å². The summed E-state index contributed by atoms with van der Waals surface area (Å²) in [6, 6.07) is 2.33. The molecule has 10 nitrogen and oxygen atoms in total. The van der Waals surface area contributed by atoms with E-state index in [4.69, 9.17) is 9.11 Å². The molecule has 20 heavy (non-hydrogen) atoms. The minimum atomic E-state index is -4.94. The van der Waals surface area contributed by atoms with Gasteiger partial charge >= 0.3 is 20.8 Å². The van der Waals surface area contributed by atoms with Crippen molar-refractivity contribution in [3.8, 4) is 11.5 Å². The van der Waals surface area contributed by atoms with Crippen LogP contribution in [0.15, 0.2) is 18.2 Å². The summed E-state index contributed by atoms with van der Waals surface area (Å²) in [5, 5.41) is 18.8. The molecule has 0 aliphatic rings. The lowest BCUT2D eigenvalue weighted by atomic mass is 10.1. The quantitative estimate of drug-likeness (QED) is 0.396.